The fourth-order valence-electron chi connectivity index (χ4n) is 3.16. The number of alkyl carbamates (subject to hydrolysis) is 1. The van der Waals surface area contributed by atoms with E-state index in [0.29, 0.717) is 13.1 Å². The minimum atomic E-state index is -0.690. The molecule has 2 aliphatic rings. The number of amides is 2. The smallest absolute Gasteiger partial charge is 0.407 e. The van der Waals surface area contributed by atoms with Crippen molar-refractivity contribution in [3.63, 3.8) is 0 Å². The number of rotatable bonds is 8. The van der Waals surface area contributed by atoms with E-state index in [2.05, 4.69) is 16.0 Å². The van der Waals surface area contributed by atoms with Gasteiger partial charge < -0.3 is 36.6 Å². The van der Waals surface area contributed by atoms with Crippen LogP contribution in [0.25, 0.3) is 0 Å². The van der Waals surface area contributed by atoms with Crippen molar-refractivity contribution in [3.8, 4) is 5.75 Å². The van der Waals surface area contributed by atoms with Gasteiger partial charge in [-0.05, 0) is 49.9 Å². The van der Waals surface area contributed by atoms with Gasteiger partial charge in [-0.1, -0.05) is 12.1 Å². The Bertz CT molecular complexity index is 663. The second-order valence-electron chi connectivity index (χ2n) is 7.18. The zero-order chi connectivity index (χ0) is 19.3. The zero-order valence-corrected chi connectivity index (χ0v) is 16.1. The molecule has 3 rings (SSSR count). The number of hydrogen-bond acceptors (Lipinski definition) is 6. The maximum absolute atomic E-state index is 12.0. The molecule has 2 unspecified atom stereocenters. The van der Waals surface area contributed by atoms with E-state index in [4.69, 9.17) is 15.2 Å². The van der Waals surface area contributed by atoms with Crippen LogP contribution in [0.15, 0.2) is 24.3 Å². The Labute approximate surface area is 164 Å². The minimum absolute atomic E-state index is 0. The molecule has 7 N–H and O–H groups in total. The van der Waals surface area contributed by atoms with Crippen molar-refractivity contribution in [3.05, 3.63) is 29.8 Å². The highest BCUT2D eigenvalue weighted by Gasteiger charge is 2.45. The van der Waals surface area contributed by atoms with Crippen LogP contribution in [0.4, 0.5) is 4.79 Å². The van der Waals surface area contributed by atoms with Gasteiger partial charge >= 0.3 is 6.09 Å². The maximum Gasteiger partial charge on any atom is 0.407 e. The summed E-state index contributed by atoms with van der Waals surface area (Å²) in [5.41, 5.74) is 6.26. The van der Waals surface area contributed by atoms with Crippen LogP contribution in [0, 0.1) is 0 Å². The van der Waals surface area contributed by atoms with Crippen molar-refractivity contribution >= 4 is 12.0 Å². The van der Waals surface area contributed by atoms with Crippen LogP contribution in [-0.4, -0.2) is 61.9 Å². The number of carbonyl (C=O) groups excluding carboxylic acids is 2. The molecule has 1 heterocycles. The predicted octanol–water partition coefficient (Wildman–Crippen LogP) is -0.523. The van der Waals surface area contributed by atoms with E-state index in [-0.39, 0.29) is 23.5 Å². The third-order valence-corrected chi connectivity index (χ3v) is 5.08. The highest BCUT2D eigenvalue weighted by atomic mass is 16.6. The Morgan fingerprint density at radius 3 is 2.54 bits per heavy atom. The van der Waals surface area contributed by atoms with Gasteiger partial charge in [0.05, 0.1) is 12.6 Å². The van der Waals surface area contributed by atoms with Gasteiger partial charge in [0.15, 0.2) is 0 Å². The first kappa shape index (κ1) is 21.9. The molecular formula is C19H30N4O5. The number of carbonyl (C=O) groups is 2. The summed E-state index contributed by atoms with van der Waals surface area (Å²) in [7, 11) is 1.64. The summed E-state index contributed by atoms with van der Waals surface area (Å²) in [6.07, 6.45) is 2.35. The van der Waals surface area contributed by atoms with E-state index >= 15 is 0 Å². The monoisotopic (exact) mass is 394 g/mol. The Morgan fingerprint density at radius 1 is 1.21 bits per heavy atom. The molecule has 0 bridgehead atoms. The maximum atomic E-state index is 12.0. The molecule has 1 aliphatic carbocycles. The van der Waals surface area contributed by atoms with Gasteiger partial charge in [0.1, 0.15) is 11.9 Å². The second-order valence-corrected chi connectivity index (χ2v) is 7.18. The molecule has 1 aromatic rings. The molecule has 2 fully saturated rings. The summed E-state index contributed by atoms with van der Waals surface area (Å²) in [5, 5.41) is 8.79. The lowest BCUT2D eigenvalue weighted by Gasteiger charge is -2.20. The van der Waals surface area contributed by atoms with E-state index in [9.17, 15) is 9.59 Å². The Balaban J connectivity index is 0.00000280. The molecule has 2 amide bonds. The average molecular weight is 394 g/mol. The van der Waals surface area contributed by atoms with Crippen molar-refractivity contribution in [2.75, 3.05) is 26.7 Å². The molecule has 9 nitrogen and oxygen atoms in total. The summed E-state index contributed by atoms with van der Waals surface area (Å²) in [6, 6.07) is 7.96. The van der Waals surface area contributed by atoms with Crippen LogP contribution in [-0.2, 0) is 16.0 Å². The Morgan fingerprint density at radius 2 is 1.89 bits per heavy atom. The lowest BCUT2D eigenvalue weighted by molar-refractivity contribution is -0.123. The third kappa shape index (κ3) is 5.82. The fraction of sp³-hybridized carbons (Fsp3) is 0.579. The second kappa shape index (κ2) is 9.72. The largest absolute Gasteiger partial charge is 0.497 e. The van der Waals surface area contributed by atoms with Gasteiger partial charge in [-0.25, -0.2) is 4.79 Å². The summed E-state index contributed by atoms with van der Waals surface area (Å²) in [4.78, 5) is 23.7. The van der Waals surface area contributed by atoms with Crippen LogP contribution >= 0.6 is 0 Å². The third-order valence-electron chi connectivity index (χ3n) is 5.08. The lowest BCUT2D eigenvalue weighted by atomic mass is 10.0. The minimum Gasteiger partial charge on any atom is -0.497 e. The SMILES string of the molecule is COc1ccc(CC2NCCC2OC(=O)NCCNC(=O)C2(N)CC2)cc1.O. The van der Waals surface area contributed by atoms with Crippen LogP contribution in [0.5, 0.6) is 5.75 Å². The molecule has 0 aromatic heterocycles. The number of ether oxygens (including phenoxy) is 2. The van der Waals surface area contributed by atoms with Crippen molar-refractivity contribution in [2.45, 2.75) is 43.4 Å². The highest BCUT2D eigenvalue weighted by Crippen LogP contribution is 2.31. The average Bonchev–Trinajstić information content (AvgIpc) is 3.29. The normalized spacial score (nSPS) is 21.9. The van der Waals surface area contributed by atoms with Gasteiger partial charge in [-0.2, -0.15) is 0 Å². The topological polar surface area (TPSA) is 146 Å². The molecule has 2 atom stereocenters. The molecular weight excluding hydrogens is 364 g/mol. The summed E-state index contributed by atoms with van der Waals surface area (Å²) < 4.78 is 10.7. The summed E-state index contributed by atoms with van der Waals surface area (Å²) in [6.45, 7) is 1.46. The van der Waals surface area contributed by atoms with Gasteiger partial charge in [-0.15, -0.1) is 0 Å². The summed E-state index contributed by atoms with van der Waals surface area (Å²) in [5.74, 6) is 0.664. The van der Waals surface area contributed by atoms with E-state index < -0.39 is 11.6 Å². The van der Waals surface area contributed by atoms with Crippen molar-refractivity contribution in [2.24, 2.45) is 5.73 Å². The van der Waals surface area contributed by atoms with Crippen molar-refractivity contribution < 1.29 is 24.5 Å². The zero-order valence-electron chi connectivity index (χ0n) is 16.1. The standard InChI is InChI=1S/C19H28N4O4.H2O/c1-26-14-4-2-13(3-5-14)12-15-16(6-9-21-15)27-18(25)23-11-10-22-17(24)19(20)7-8-19;/h2-5,15-16,21H,6-12,20H2,1H3,(H,22,24)(H,23,25);1H2. The molecule has 1 aromatic carbocycles. The molecule has 156 valence electrons. The van der Waals surface area contributed by atoms with Crippen molar-refractivity contribution in [1.82, 2.24) is 16.0 Å². The highest BCUT2D eigenvalue weighted by molar-refractivity contribution is 5.88. The van der Waals surface area contributed by atoms with Gasteiger partial charge in [0.25, 0.3) is 0 Å². The predicted molar refractivity (Wildman–Crippen MR) is 104 cm³/mol. The van der Waals surface area contributed by atoms with E-state index in [1.807, 2.05) is 24.3 Å². The van der Waals surface area contributed by atoms with Crippen molar-refractivity contribution in [1.29, 1.82) is 0 Å². The quantitative estimate of drug-likeness (QED) is 0.436. The molecule has 1 saturated heterocycles. The first-order chi connectivity index (χ1) is 13.0. The molecule has 1 saturated carbocycles. The van der Waals surface area contributed by atoms with E-state index in [1.165, 1.54) is 0 Å². The Hall–Kier alpha value is -2.36. The lowest BCUT2D eigenvalue weighted by Crippen LogP contribution is -2.45. The molecule has 1 aliphatic heterocycles. The number of nitrogens with one attached hydrogen (secondary N) is 3. The number of nitrogens with two attached hydrogens (primary N) is 1. The van der Waals surface area contributed by atoms with Crippen LogP contribution in [0.2, 0.25) is 0 Å². The van der Waals surface area contributed by atoms with Crippen LogP contribution < -0.4 is 26.4 Å². The first-order valence-corrected chi connectivity index (χ1v) is 9.38. The van der Waals surface area contributed by atoms with Crippen LogP contribution in [0.1, 0.15) is 24.8 Å². The summed E-state index contributed by atoms with van der Waals surface area (Å²) >= 11 is 0. The molecule has 0 spiro atoms. The number of hydrogen-bond donors (Lipinski definition) is 4. The van der Waals surface area contributed by atoms with Gasteiger partial charge in [0.2, 0.25) is 5.91 Å². The fourth-order valence-corrected chi connectivity index (χ4v) is 3.16. The number of benzene rings is 1. The van der Waals surface area contributed by atoms with E-state index in [0.717, 1.165) is 43.5 Å². The number of methoxy groups -OCH3 is 1. The molecule has 9 heteroatoms. The molecule has 28 heavy (non-hydrogen) atoms. The van der Waals surface area contributed by atoms with Gasteiger partial charge in [-0.3, -0.25) is 4.79 Å². The molecule has 0 radical (unpaired) electrons. The first-order valence-electron chi connectivity index (χ1n) is 9.38. The van der Waals surface area contributed by atoms with Crippen LogP contribution in [0.3, 0.4) is 0 Å². The van der Waals surface area contributed by atoms with E-state index in [1.54, 1.807) is 7.11 Å². The van der Waals surface area contributed by atoms with Gasteiger partial charge in [0, 0.05) is 19.1 Å². The Kier molecular flexibility index (Phi) is 7.61.